The molecule has 4 heteroatoms. The summed E-state index contributed by atoms with van der Waals surface area (Å²) in [7, 11) is 0. The highest BCUT2D eigenvalue weighted by Gasteiger charge is 2.40. The molecule has 0 saturated heterocycles. The van der Waals surface area contributed by atoms with Crippen LogP contribution in [0.4, 0.5) is 0 Å². The van der Waals surface area contributed by atoms with Crippen LogP contribution in [0.15, 0.2) is 24.3 Å². The topological polar surface area (TPSA) is 63.6 Å². The molecule has 0 fully saturated rings. The smallest absolute Gasteiger partial charge is 0.339 e. The molecule has 1 aliphatic heterocycles. The Hall–Kier alpha value is -2.62. The van der Waals surface area contributed by atoms with Crippen molar-refractivity contribution >= 4 is 12.3 Å². The number of carboxylic acid groups (broad SMARTS) is 1. The fraction of sp³-hybridized carbons (Fsp3) is 0.440. The predicted molar refractivity (Wildman–Crippen MR) is 115 cm³/mol. The van der Waals surface area contributed by atoms with Crippen LogP contribution < -0.4 is 4.74 Å². The highest BCUT2D eigenvalue weighted by molar-refractivity contribution is 5.93. The van der Waals surface area contributed by atoms with Crippen molar-refractivity contribution in [3.05, 3.63) is 57.6 Å². The molecule has 0 atom stereocenters. The zero-order chi connectivity index (χ0) is 21.9. The Bertz CT molecular complexity index is 1010. The summed E-state index contributed by atoms with van der Waals surface area (Å²) in [4.78, 5) is 24.0. The minimum Gasteiger partial charge on any atom is -0.478 e. The Labute approximate surface area is 172 Å². The number of benzene rings is 2. The first-order chi connectivity index (χ1) is 13.2. The fourth-order valence-electron chi connectivity index (χ4n) is 3.79. The lowest BCUT2D eigenvalue weighted by Gasteiger charge is -2.38. The lowest BCUT2D eigenvalue weighted by atomic mass is 9.71. The van der Waals surface area contributed by atoms with E-state index in [1.807, 2.05) is 6.07 Å². The van der Waals surface area contributed by atoms with Gasteiger partial charge in [0.15, 0.2) is 6.29 Å². The van der Waals surface area contributed by atoms with Crippen LogP contribution in [0.1, 0.15) is 98.4 Å². The van der Waals surface area contributed by atoms with E-state index in [-0.39, 0.29) is 16.4 Å². The number of hydrogen-bond acceptors (Lipinski definition) is 3. The van der Waals surface area contributed by atoms with E-state index in [0.29, 0.717) is 17.1 Å². The molecule has 154 valence electrons. The number of rotatable bonds is 2. The SMILES string of the molecule is CC(C)(C)c1cc(C=O)c2c(c1)C(C)(C)c1cc(C(C)(C)C)cc(C(=O)O)c1O2. The summed E-state index contributed by atoms with van der Waals surface area (Å²) in [6, 6.07) is 7.67. The summed E-state index contributed by atoms with van der Waals surface area (Å²) >= 11 is 0. The molecule has 0 amide bonds. The van der Waals surface area contributed by atoms with Gasteiger partial charge in [0.2, 0.25) is 0 Å². The molecule has 0 saturated carbocycles. The summed E-state index contributed by atoms with van der Waals surface area (Å²) in [5.74, 6) is -0.253. The summed E-state index contributed by atoms with van der Waals surface area (Å²) < 4.78 is 6.15. The first-order valence-corrected chi connectivity index (χ1v) is 9.92. The minimum absolute atomic E-state index is 0.128. The van der Waals surface area contributed by atoms with Crippen LogP contribution in [-0.2, 0) is 16.2 Å². The van der Waals surface area contributed by atoms with E-state index in [1.165, 1.54) is 0 Å². The molecule has 3 rings (SSSR count). The molecular weight excluding hydrogens is 364 g/mol. The third kappa shape index (κ3) is 3.45. The predicted octanol–water partition coefficient (Wildman–Crippen LogP) is 6.22. The first kappa shape index (κ1) is 21.1. The van der Waals surface area contributed by atoms with Crippen molar-refractivity contribution in [1.82, 2.24) is 0 Å². The highest BCUT2D eigenvalue weighted by Crippen LogP contribution is 2.52. The van der Waals surface area contributed by atoms with Crippen molar-refractivity contribution in [3.63, 3.8) is 0 Å². The molecule has 2 aromatic carbocycles. The largest absolute Gasteiger partial charge is 0.478 e. The number of ether oxygens (including phenoxy) is 1. The average molecular weight is 395 g/mol. The molecule has 0 spiro atoms. The molecule has 4 nitrogen and oxygen atoms in total. The van der Waals surface area contributed by atoms with Gasteiger partial charge in [-0.2, -0.15) is 0 Å². The Kier molecular flexibility index (Phi) is 4.69. The van der Waals surface area contributed by atoms with Crippen molar-refractivity contribution in [3.8, 4) is 11.5 Å². The van der Waals surface area contributed by atoms with Crippen LogP contribution in [0.5, 0.6) is 11.5 Å². The average Bonchev–Trinajstić information content (AvgIpc) is 2.58. The third-order valence-corrected chi connectivity index (χ3v) is 5.85. The standard InChI is InChI=1S/C25H30O4/c1-23(2,3)15-9-14(13-26)20-18(11-15)25(7,8)19-12-16(24(4,5)6)10-17(22(27)28)21(19)29-20/h9-13H,1-8H3,(H,27,28). The third-order valence-electron chi connectivity index (χ3n) is 5.85. The maximum absolute atomic E-state index is 12.1. The van der Waals surface area contributed by atoms with Crippen molar-refractivity contribution < 1.29 is 19.4 Å². The van der Waals surface area contributed by atoms with Gasteiger partial charge in [0.25, 0.3) is 0 Å². The molecule has 0 aliphatic carbocycles. The molecule has 2 aromatic rings. The van der Waals surface area contributed by atoms with Gasteiger partial charge in [-0.05, 0) is 34.1 Å². The van der Waals surface area contributed by atoms with Gasteiger partial charge in [0, 0.05) is 16.5 Å². The van der Waals surface area contributed by atoms with Crippen LogP contribution in [-0.4, -0.2) is 17.4 Å². The molecule has 1 N–H and O–H groups in total. The molecule has 1 heterocycles. The number of hydrogen-bond donors (Lipinski definition) is 1. The maximum atomic E-state index is 12.1. The lowest BCUT2D eigenvalue weighted by molar-refractivity contribution is 0.0693. The van der Waals surface area contributed by atoms with Gasteiger partial charge >= 0.3 is 5.97 Å². The second-order valence-corrected chi connectivity index (χ2v) is 10.5. The number of carboxylic acids is 1. The maximum Gasteiger partial charge on any atom is 0.339 e. The van der Waals surface area contributed by atoms with Gasteiger partial charge in [0.05, 0.1) is 5.56 Å². The van der Waals surface area contributed by atoms with Crippen LogP contribution >= 0.6 is 0 Å². The van der Waals surface area contributed by atoms with Gasteiger partial charge < -0.3 is 9.84 Å². The second-order valence-electron chi connectivity index (χ2n) is 10.5. The van der Waals surface area contributed by atoms with Crippen LogP contribution in [0.2, 0.25) is 0 Å². The van der Waals surface area contributed by atoms with Crippen LogP contribution in [0.3, 0.4) is 0 Å². The Morgan fingerprint density at radius 3 is 1.83 bits per heavy atom. The minimum atomic E-state index is -1.04. The summed E-state index contributed by atoms with van der Waals surface area (Å²) in [5.41, 5.74) is 3.43. The van der Waals surface area contributed by atoms with E-state index >= 15 is 0 Å². The number of aldehydes is 1. The van der Waals surface area contributed by atoms with Crippen molar-refractivity contribution in [2.45, 2.75) is 71.6 Å². The van der Waals surface area contributed by atoms with Gasteiger partial charge in [-0.1, -0.05) is 67.5 Å². The van der Waals surface area contributed by atoms with Crippen LogP contribution in [0, 0.1) is 0 Å². The highest BCUT2D eigenvalue weighted by atomic mass is 16.5. The Balaban J connectivity index is 2.39. The fourth-order valence-corrected chi connectivity index (χ4v) is 3.79. The van der Waals surface area contributed by atoms with Gasteiger partial charge in [-0.25, -0.2) is 4.79 Å². The summed E-state index contributed by atoms with van der Waals surface area (Å²) in [5, 5.41) is 9.88. The normalized spacial score (nSPS) is 15.2. The molecule has 1 aliphatic rings. The van der Waals surface area contributed by atoms with Crippen LogP contribution in [0.25, 0.3) is 0 Å². The van der Waals surface area contributed by atoms with Crippen molar-refractivity contribution in [2.75, 3.05) is 0 Å². The monoisotopic (exact) mass is 394 g/mol. The summed E-state index contributed by atoms with van der Waals surface area (Å²) in [6.45, 7) is 16.6. The lowest BCUT2D eigenvalue weighted by Crippen LogP contribution is -2.28. The molecule has 0 unspecified atom stereocenters. The number of fused-ring (bicyclic) bond motifs is 2. The van der Waals surface area contributed by atoms with E-state index in [0.717, 1.165) is 28.5 Å². The molecule has 0 aromatic heterocycles. The zero-order valence-electron chi connectivity index (χ0n) is 18.6. The first-order valence-electron chi connectivity index (χ1n) is 9.92. The van der Waals surface area contributed by atoms with E-state index in [1.54, 1.807) is 6.07 Å². The molecule has 0 bridgehead atoms. The van der Waals surface area contributed by atoms with Gasteiger partial charge in [0.1, 0.15) is 17.1 Å². The zero-order valence-corrected chi connectivity index (χ0v) is 18.6. The van der Waals surface area contributed by atoms with Crippen molar-refractivity contribution in [2.24, 2.45) is 0 Å². The van der Waals surface area contributed by atoms with E-state index < -0.39 is 11.4 Å². The molecule has 0 radical (unpaired) electrons. The van der Waals surface area contributed by atoms with Crippen molar-refractivity contribution in [1.29, 1.82) is 0 Å². The molecular formula is C25H30O4. The number of carbonyl (C=O) groups is 2. The van der Waals surface area contributed by atoms with E-state index in [4.69, 9.17) is 4.74 Å². The quantitative estimate of drug-likeness (QED) is 0.614. The second kappa shape index (κ2) is 6.45. The van der Waals surface area contributed by atoms with E-state index in [9.17, 15) is 14.7 Å². The number of aromatic carboxylic acids is 1. The Morgan fingerprint density at radius 2 is 1.38 bits per heavy atom. The van der Waals surface area contributed by atoms with Gasteiger partial charge in [-0.15, -0.1) is 0 Å². The van der Waals surface area contributed by atoms with E-state index in [2.05, 4.69) is 67.5 Å². The molecule has 29 heavy (non-hydrogen) atoms. The number of carbonyl (C=O) groups excluding carboxylic acids is 1. The van der Waals surface area contributed by atoms with Gasteiger partial charge in [-0.3, -0.25) is 4.79 Å². The Morgan fingerprint density at radius 1 is 0.897 bits per heavy atom. The summed E-state index contributed by atoms with van der Waals surface area (Å²) in [6.07, 6.45) is 0.791.